The molecule has 2 atom stereocenters. The zero-order valence-electron chi connectivity index (χ0n) is 12.6. The Kier molecular flexibility index (Phi) is 4.44. The lowest BCUT2D eigenvalue weighted by molar-refractivity contribution is 0.603. The Morgan fingerprint density at radius 1 is 1.10 bits per heavy atom. The smallest absolute Gasteiger partial charge is 0.0720 e. The van der Waals surface area contributed by atoms with E-state index in [9.17, 15) is 0 Å². The van der Waals surface area contributed by atoms with E-state index in [1.807, 2.05) is 18.5 Å². The molecule has 0 N–H and O–H groups in total. The van der Waals surface area contributed by atoms with Crippen LogP contribution in [-0.4, -0.2) is 10.7 Å². The Morgan fingerprint density at radius 2 is 1.95 bits per heavy atom. The molecule has 1 unspecified atom stereocenters. The van der Waals surface area contributed by atoms with Crippen LogP contribution in [0.15, 0.2) is 59.9 Å². The summed E-state index contributed by atoms with van der Waals surface area (Å²) < 4.78 is 0. The Labute approximate surface area is 127 Å². The van der Waals surface area contributed by atoms with E-state index < -0.39 is 0 Å². The molecule has 0 amide bonds. The van der Waals surface area contributed by atoms with Gasteiger partial charge in [0, 0.05) is 24.0 Å². The molecular formula is C19H22N2. The summed E-state index contributed by atoms with van der Waals surface area (Å²) >= 11 is 0. The molecule has 1 heterocycles. The van der Waals surface area contributed by atoms with Crippen molar-refractivity contribution in [3.63, 3.8) is 0 Å². The average Bonchev–Trinajstić information content (AvgIpc) is 2.57. The highest BCUT2D eigenvalue weighted by Crippen LogP contribution is 2.32. The fourth-order valence-electron chi connectivity index (χ4n) is 3.15. The lowest BCUT2D eigenvalue weighted by Crippen LogP contribution is -2.18. The van der Waals surface area contributed by atoms with E-state index in [4.69, 9.17) is 4.99 Å². The van der Waals surface area contributed by atoms with Crippen LogP contribution in [0.2, 0.25) is 0 Å². The van der Waals surface area contributed by atoms with Crippen molar-refractivity contribution in [1.82, 2.24) is 4.98 Å². The van der Waals surface area contributed by atoms with Crippen molar-refractivity contribution in [1.29, 1.82) is 0 Å². The third-order valence-corrected chi connectivity index (χ3v) is 4.31. The minimum Gasteiger partial charge on any atom is -0.286 e. The maximum atomic E-state index is 5.05. The number of nitrogens with zero attached hydrogens (tertiary/aromatic N) is 2. The summed E-state index contributed by atoms with van der Waals surface area (Å²) in [6.45, 7) is 2.19. The number of hydrogen-bond acceptors (Lipinski definition) is 2. The SMILES string of the molecule is C[C@@H](/N=C1\CCCCC1c1cccnc1)c1ccccc1. The second-order valence-corrected chi connectivity index (χ2v) is 5.79. The molecule has 0 spiro atoms. The fraction of sp³-hybridized carbons (Fsp3) is 0.368. The topological polar surface area (TPSA) is 25.2 Å². The molecule has 0 radical (unpaired) electrons. The number of aliphatic imine (C=N–C) groups is 1. The zero-order chi connectivity index (χ0) is 14.5. The van der Waals surface area contributed by atoms with Crippen molar-refractivity contribution in [2.24, 2.45) is 4.99 Å². The third kappa shape index (κ3) is 3.38. The first-order chi connectivity index (χ1) is 10.3. The monoisotopic (exact) mass is 278 g/mol. The van der Waals surface area contributed by atoms with Gasteiger partial charge in [0.15, 0.2) is 0 Å². The van der Waals surface area contributed by atoms with Crippen LogP contribution in [0.3, 0.4) is 0 Å². The first kappa shape index (κ1) is 14.0. The molecule has 1 saturated carbocycles. The van der Waals surface area contributed by atoms with Crippen LogP contribution in [0, 0.1) is 0 Å². The highest BCUT2D eigenvalue weighted by Gasteiger charge is 2.22. The van der Waals surface area contributed by atoms with Gasteiger partial charge in [0.2, 0.25) is 0 Å². The molecule has 3 rings (SSSR count). The molecule has 1 aliphatic carbocycles. The van der Waals surface area contributed by atoms with Gasteiger partial charge in [0.1, 0.15) is 0 Å². The van der Waals surface area contributed by atoms with Crippen LogP contribution in [0.25, 0.3) is 0 Å². The van der Waals surface area contributed by atoms with Crippen LogP contribution in [-0.2, 0) is 0 Å². The molecule has 0 aliphatic heterocycles. The average molecular weight is 278 g/mol. The van der Waals surface area contributed by atoms with E-state index in [2.05, 4.69) is 48.3 Å². The second-order valence-electron chi connectivity index (χ2n) is 5.79. The minimum absolute atomic E-state index is 0.235. The van der Waals surface area contributed by atoms with E-state index in [-0.39, 0.29) is 6.04 Å². The van der Waals surface area contributed by atoms with Gasteiger partial charge in [-0.05, 0) is 43.4 Å². The van der Waals surface area contributed by atoms with Gasteiger partial charge < -0.3 is 0 Å². The zero-order valence-corrected chi connectivity index (χ0v) is 12.6. The predicted octanol–water partition coefficient (Wildman–Crippen LogP) is 4.94. The molecule has 21 heavy (non-hydrogen) atoms. The van der Waals surface area contributed by atoms with Gasteiger partial charge in [0.25, 0.3) is 0 Å². The van der Waals surface area contributed by atoms with Crippen molar-refractivity contribution in [3.8, 4) is 0 Å². The third-order valence-electron chi connectivity index (χ3n) is 4.31. The number of rotatable bonds is 3. The van der Waals surface area contributed by atoms with Gasteiger partial charge in [-0.2, -0.15) is 0 Å². The summed E-state index contributed by atoms with van der Waals surface area (Å²) in [6, 6.07) is 15.0. The Balaban J connectivity index is 1.86. The normalized spacial score (nSPS) is 22.1. The van der Waals surface area contributed by atoms with E-state index in [0.717, 1.165) is 6.42 Å². The molecule has 108 valence electrons. The van der Waals surface area contributed by atoms with E-state index in [1.54, 1.807) is 0 Å². The van der Waals surface area contributed by atoms with Crippen LogP contribution in [0.4, 0.5) is 0 Å². The highest BCUT2D eigenvalue weighted by atomic mass is 14.8. The van der Waals surface area contributed by atoms with Crippen LogP contribution in [0.1, 0.15) is 55.7 Å². The maximum absolute atomic E-state index is 5.05. The van der Waals surface area contributed by atoms with Gasteiger partial charge in [-0.3, -0.25) is 9.98 Å². The summed E-state index contributed by atoms with van der Waals surface area (Å²) in [7, 11) is 0. The predicted molar refractivity (Wildman–Crippen MR) is 87.7 cm³/mol. The summed E-state index contributed by atoms with van der Waals surface area (Å²) in [5.41, 5.74) is 3.96. The standard InChI is InChI=1S/C19H22N2/c1-15(16-8-3-2-4-9-16)21-19-12-6-5-11-18(19)17-10-7-13-20-14-17/h2-4,7-10,13-15,18H,5-6,11-12H2,1H3/b21-19+/t15-,18?/m1/s1. The van der Waals surface area contributed by atoms with Gasteiger partial charge in [0.05, 0.1) is 6.04 Å². The minimum atomic E-state index is 0.235. The summed E-state index contributed by atoms with van der Waals surface area (Å²) in [6.07, 6.45) is 8.71. The summed E-state index contributed by atoms with van der Waals surface area (Å²) in [5, 5.41) is 0. The molecule has 2 aromatic rings. The van der Waals surface area contributed by atoms with Crippen molar-refractivity contribution >= 4 is 5.71 Å². The van der Waals surface area contributed by atoms with Gasteiger partial charge in [-0.25, -0.2) is 0 Å². The Hall–Kier alpha value is -1.96. The number of benzene rings is 1. The van der Waals surface area contributed by atoms with E-state index >= 15 is 0 Å². The van der Waals surface area contributed by atoms with Crippen molar-refractivity contribution in [2.45, 2.75) is 44.6 Å². The second kappa shape index (κ2) is 6.66. The quantitative estimate of drug-likeness (QED) is 0.780. The van der Waals surface area contributed by atoms with Crippen molar-refractivity contribution < 1.29 is 0 Å². The molecule has 1 aromatic heterocycles. The number of hydrogen-bond donors (Lipinski definition) is 0. The highest BCUT2D eigenvalue weighted by molar-refractivity contribution is 5.91. The lowest BCUT2D eigenvalue weighted by atomic mass is 9.82. The molecule has 1 aliphatic rings. The molecule has 1 fully saturated rings. The number of pyridine rings is 1. The molecular weight excluding hydrogens is 256 g/mol. The lowest BCUT2D eigenvalue weighted by Gasteiger charge is -2.25. The number of aromatic nitrogens is 1. The molecule has 2 heteroatoms. The molecule has 2 nitrogen and oxygen atoms in total. The maximum Gasteiger partial charge on any atom is 0.0720 e. The first-order valence-corrected chi connectivity index (χ1v) is 7.86. The fourth-order valence-corrected chi connectivity index (χ4v) is 3.15. The van der Waals surface area contributed by atoms with E-state index in [0.29, 0.717) is 5.92 Å². The van der Waals surface area contributed by atoms with Crippen molar-refractivity contribution in [2.75, 3.05) is 0 Å². The molecule has 0 bridgehead atoms. The first-order valence-electron chi connectivity index (χ1n) is 7.86. The van der Waals surface area contributed by atoms with Crippen molar-refractivity contribution in [3.05, 3.63) is 66.0 Å². The van der Waals surface area contributed by atoms with Crippen LogP contribution < -0.4 is 0 Å². The summed E-state index contributed by atoms with van der Waals surface area (Å²) in [5.74, 6) is 0.457. The van der Waals surface area contributed by atoms with Gasteiger partial charge in [-0.15, -0.1) is 0 Å². The van der Waals surface area contributed by atoms with Crippen LogP contribution >= 0.6 is 0 Å². The summed E-state index contributed by atoms with van der Waals surface area (Å²) in [4.78, 5) is 9.33. The van der Waals surface area contributed by atoms with Gasteiger partial charge in [-0.1, -0.05) is 42.8 Å². The van der Waals surface area contributed by atoms with E-state index in [1.165, 1.54) is 36.1 Å². The molecule has 1 aromatic carbocycles. The molecule has 0 saturated heterocycles. The Morgan fingerprint density at radius 3 is 2.71 bits per heavy atom. The van der Waals surface area contributed by atoms with Crippen LogP contribution in [0.5, 0.6) is 0 Å². The Bertz CT molecular complexity index is 589. The van der Waals surface area contributed by atoms with Gasteiger partial charge >= 0.3 is 0 Å². The largest absolute Gasteiger partial charge is 0.286 e.